The Kier molecular flexibility index (Phi) is 8.05. The first-order valence-electron chi connectivity index (χ1n) is 13.0. The van der Waals surface area contributed by atoms with Crippen LogP contribution in [0.4, 0.5) is 4.39 Å². The standard InChI is InChI=1S/C33H35FO4/c1-6-9-23(21-12-14-22(15-13-21)32(36)38-33(2,3)4)20-24-16-19-29(37-5)30(31(24)35)27-17-18-28(34)26-11-8-7-10-25(26)27/h7-8,10-19,23,35H,6,9,20H2,1-5H3/t23-/m1/s1. The van der Waals surface area contributed by atoms with Crippen LogP contribution in [0.25, 0.3) is 21.9 Å². The SMILES string of the molecule is CCC[C@H](Cc1ccc(OC)c(-c2ccc(F)c3ccccc23)c1O)c1ccc(C(=O)OC(C)(C)C)cc1. The zero-order chi connectivity index (χ0) is 27.4. The highest BCUT2D eigenvalue weighted by atomic mass is 19.1. The van der Waals surface area contributed by atoms with Crippen LogP contribution in [0.2, 0.25) is 0 Å². The van der Waals surface area contributed by atoms with Gasteiger partial charge in [0, 0.05) is 5.39 Å². The van der Waals surface area contributed by atoms with Gasteiger partial charge in [-0.1, -0.05) is 61.9 Å². The van der Waals surface area contributed by atoms with Gasteiger partial charge in [-0.25, -0.2) is 9.18 Å². The van der Waals surface area contributed by atoms with E-state index in [1.54, 1.807) is 37.4 Å². The van der Waals surface area contributed by atoms with Gasteiger partial charge in [-0.15, -0.1) is 0 Å². The summed E-state index contributed by atoms with van der Waals surface area (Å²) in [6, 6.07) is 21.6. The van der Waals surface area contributed by atoms with E-state index in [1.165, 1.54) is 6.07 Å². The summed E-state index contributed by atoms with van der Waals surface area (Å²) in [5.74, 6) is 0.131. The topological polar surface area (TPSA) is 55.8 Å². The van der Waals surface area contributed by atoms with Gasteiger partial charge < -0.3 is 14.6 Å². The van der Waals surface area contributed by atoms with Crippen LogP contribution >= 0.6 is 0 Å². The van der Waals surface area contributed by atoms with Crippen molar-refractivity contribution < 1.29 is 23.8 Å². The van der Waals surface area contributed by atoms with E-state index in [4.69, 9.17) is 9.47 Å². The van der Waals surface area contributed by atoms with Gasteiger partial charge in [0.1, 0.15) is 22.9 Å². The average molecular weight is 515 g/mol. The zero-order valence-corrected chi connectivity index (χ0v) is 22.7. The van der Waals surface area contributed by atoms with Gasteiger partial charge in [0.15, 0.2) is 0 Å². The lowest BCUT2D eigenvalue weighted by Gasteiger charge is -2.21. The highest BCUT2D eigenvalue weighted by Crippen LogP contribution is 2.44. The second-order valence-corrected chi connectivity index (χ2v) is 10.6. The van der Waals surface area contributed by atoms with E-state index in [0.717, 1.165) is 24.0 Å². The average Bonchev–Trinajstić information content (AvgIpc) is 2.89. The summed E-state index contributed by atoms with van der Waals surface area (Å²) in [5, 5.41) is 12.7. The molecule has 0 radical (unpaired) electrons. The highest BCUT2D eigenvalue weighted by Gasteiger charge is 2.22. The van der Waals surface area contributed by atoms with E-state index >= 15 is 0 Å². The van der Waals surface area contributed by atoms with Gasteiger partial charge in [0.2, 0.25) is 0 Å². The third kappa shape index (κ3) is 5.83. The number of methoxy groups -OCH3 is 1. The molecule has 0 saturated heterocycles. The first kappa shape index (κ1) is 27.2. The molecule has 1 atom stereocenters. The van der Waals surface area contributed by atoms with E-state index in [2.05, 4.69) is 6.92 Å². The fourth-order valence-electron chi connectivity index (χ4n) is 4.92. The molecule has 4 nitrogen and oxygen atoms in total. The molecule has 1 N–H and O–H groups in total. The van der Waals surface area contributed by atoms with Crippen molar-refractivity contribution in [1.29, 1.82) is 0 Å². The van der Waals surface area contributed by atoms with Gasteiger partial charge in [0.05, 0.1) is 18.2 Å². The molecule has 4 rings (SSSR count). The van der Waals surface area contributed by atoms with Crippen LogP contribution in [-0.4, -0.2) is 23.8 Å². The van der Waals surface area contributed by atoms with Crippen molar-refractivity contribution in [2.75, 3.05) is 7.11 Å². The largest absolute Gasteiger partial charge is 0.507 e. The lowest BCUT2D eigenvalue weighted by atomic mass is 9.86. The molecule has 0 aliphatic carbocycles. The van der Waals surface area contributed by atoms with Crippen molar-refractivity contribution in [3.63, 3.8) is 0 Å². The van der Waals surface area contributed by atoms with Crippen LogP contribution < -0.4 is 4.74 Å². The monoisotopic (exact) mass is 514 g/mol. The maximum Gasteiger partial charge on any atom is 0.338 e. The molecule has 4 aromatic carbocycles. The lowest BCUT2D eigenvalue weighted by molar-refractivity contribution is 0.00694. The molecule has 0 bridgehead atoms. The molecule has 198 valence electrons. The molecule has 38 heavy (non-hydrogen) atoms. The number of hydrogen-bond donors (Lipinski definition) is 1. The number of hydrogen-bond acceptors (Lipinski definition) is 4. The van der Waals surface area contributed by atoms with E-state index < -0.39 is 5.60 Å². The van der Waals surface area contributed by atoms with Crippen LogP contribution in [0, 0.1) is 5.82 Å². The number of benzene rings is 4. The molecule has 0 unspecified atom stereocenters. The normalized spacial score (nSPS) is 12.4. The fraction of sp³-hybridized carbons (Fsp3) is 0.303. The number of carbonyl (C=O) groups is 1. The lowest BCUT2D eigenvalue weighted by Crippen LogP contribution is -2.23. The van der Waals surface area contributed by atoms with Crippen molar-refractivity contribution in [2.45, 2.75) is 58.5 Å². The number of rotatable bonds is 8. The smallest absolute Gasteiger partial charge is 0.338 e. The molecule has 0 saturated carbocycles. The maximum atomic E-state index is 14.5. The van der Waals surface area contributed by atoms with Crippen LogP contribution in [0.5, 0.6) is 11.5 Å². The Balaban J connectivity index is 1.71. The molecule has 0 fully saturated rings. The van der Waals surface area contributed by atoms with Crippen LogP contribution in [0.3, 0.4) is 0 Å². The summed E-state index contributed by atoms with van der Waals surface area (Å²) in [7, 11) is 1.57. The van der Waals surface area contributed by atoms with E-state index in [9.17, 15) is 14.3 Å². The van der Waals surface area contributed by atoms with Crippen molar-refractivity contribution in [3.8, 4) is 22.6 Å². The number of esters is 1. The zero-order valence-electron chi connectivity index (χ0n) is 22.7. The summed E-state index contributed by atoms with van der Waals surface area (Å²) < 4.78 is 25.6. The van der Waals surface area contributed by atoms with Crippen LogP contribution in [0.1, 0.15) is 67.9 Å². The number of phenolic OH excluding ortho intramolecular Hbond substituents is 1. The molecule has 0 heterocycles. The van der Waals surface area contributed by atoms with Crippen LogP contribution in [0.15, 0.2) is 72.8 Å². The minimum Gasteiger partial charge on any atom is -0.507 e. The highest BCUT2D eigenvalue weighted by molar-refractivity contribution is 6.00. The quantitative estimate of drug-likeness (QED) is 0.240. The second kappa shape index (κ2) is 11.3. The molecule has 0 amide bonds. The Hall–Kier alpha value is -3.86. The van der Waals surface area contributed by atoms with Crippen LogP contribution in [-0.2, 0) is 11.2 Å². The van der Waals surface area contributed by atoms with E-state index in [-0.39, 0.29) is 23.5 Å². The summed E-state index contributed by atoms with van der Waals surface area (Å²) in [4.78, 5) is 12.5. The van der Waals surface area contributed by atoms with Crippen molar-refractivity contribution in [1.82, 2.24) is 0 Å². The van der Waals surface area contributed by atoms with Gasteiger partial charge >= 0.3 is 5.97 Å². The molecule has 0 aliphatic heterocycles. The van der Waals surface area contributed by atoms with Crippen molar-refractivity contribution in [3.05, 3.63) is 95.3 Å². The summed E-state index contributed by atoms with van der Waals surface area (Å²) in [6.45, 7) is 7.68. The minimum atomic E-state index is -0.556. The number of halogens is 1. The van der Waals surface area contributed by atoms with Crippen molar-refractivity contribution in [2.24, 2.45) is 0 Å². The number of ether oxygens (including phenoxy) is 2. The third-order valence-corrected chi connectivity index (χ3v) is 6.70. The maximum absolute atomic E-state index is 14.5. The Morgan fingerprint density at radius 3 is 2.26 bits per heavy atom. The van der Waals surface area contributed by atoms with Crippen molar-refractivity contribution >= 4 is 16.7 Å². The van der Waals surface area contributed by atoms with E-state index in [1.807, 2.05) is 57.2 Å². The molecular formula is C33H35FO4. The Bertz CT molecular complexity index is 1430. The van der Waals surface area contributed by atoms with Gasteiger partial charge in [-0.3, -0.25) is 0 Å². The molecule has 0 spiro atoms. The van der Waals surface area contributed by atoms with E-state index in [0.29, 0.717) is 39.6 Å². The Morgan fingerprint density at radius 2 is 1.63 bits per heavy atom. The Morgan fingerprint density at radius 1 is 0.947 bits per heavy atom. The molecule has 0 aliphatic rings. The predicted octanol–water partition coefficient (Wildman–Crippen LogP) is 8.44. The molecular weight excluding hydrogens is 479 g/mol. The number of aromatic hydroxyl groups is 1. The first-order valence-corrected chi connectivity index (χ1v) is 13.0. The summed E-state index contributed by atoms with van der Waals surface area (Å²) >= 11 is 0. The number of fused-ring (bicyclic) bond motifs is 1. The second-order valence-electron chi connectivity index (χ2n) is 10.6. The third-order valence-electron chi connectivity index (χ3n) is 6.70. The van der Waals surface area contributed by atoms with Gasteiger partial charge in [0.25, 0.3) is 0 Å². The fourth-order valence-corrected chi connectivity index (χ4v) is 4.92. The first-order chi connectivity index (χ1) is 18.1. The molecule has 5 heteroatoms. The summed E-state index contributed by atoms with van der Waals surface area (Å²) in [6.07, 6.45) is 2.47. The Labute approximate surface area is 224 Å². The molecule has 0 aromatic heterocycles. The molecule has 4 aromatic rings. The number of carbonyl (C=O) groups excluding carboxylic acids is 1. The number of phenols is 1. The summed E-state index contributed by atoms with van der Waals surface area (Å²) in [5.41, 5.74) is 3.09. The minimum absolute atomic E-state index is 0.129. The predicted molar refractivity (Wildman–Crippen MR) is 151 cm³/mol. The van der Waals surface area contributed by atoms with Gasteiger partial charge in [-0.2, -0.15) is 0 Å². The van der Waals surface area contributed by atoms with Gasteiger partial charge in [-0.05, 0) is 85.9 Å².